The van der Waals surface area contributed by atoms with Gasteiger partial charge in [0, 0.05) is 19.5 Å². The number of nitrogens with zero attached hydrogens (tertiary/aromatic N) is 1. The third-order valence-corrected chi connectivity index (χ3v) is 4.66. The van der Waals surface area contributed by atoms with Crippen molar-refractivity contribution in [2.24, 2.45) is 23.0 Å². The molecule has 2 aliphatic rings. The molecule has 3 nitrogen and oxygen atoms in total. The molecule has 2 N–H and O–H groups in total. The molecule has 0 aromatic heterocycles. The minimum absolute atomic E-state index is 0.334. The molecule has 3 heteroatoms. The highest BCUT2D eigenvalue weighted by Gasteiger charge is 2.39. The van der Waals surface area contributed by atoms with Crippen LogP contribution in [-0.2, 0) is 4.79 Å². The van der Waals surface area contributed by atoms with Crippen molar-refractivity contribution < 1.29 is 4.79 Å². The van der Waals surface area contributed by atoms with E-state index in [0.29, 0.717) is 30.2 Å². The van der Waals surface area contributed by atoms with Crippen LogP contribution in [0.1, 0.15) is 52.4 Å². The lowest BCUT2D eigenvalue weighted by atomic mass is 9.78. The lowest BCUT2D eigenvalue weighted by Crippen LogP contribution is -2.38. The Morgan fingerprint density at radius 3 is 2.56 bits per heavy atom. The summed E-state index contributed by atoms with van der Waals surface area (Å²) in [5.74, 6) is 1.46. The van der Waals surface area contributed by atoms with Gasteiger partial charge in [-0.05, 0) is 43.1 Å². The third-order valence-electron chi connectivity index (χ3n) is 4.66. The fourth-order valence-electron chi connectivity index (χ4n) is 3.99. The Bertz CT molecular complexity index is 295. The van der Waals surface area contributed by atoms with Gasteiger partial charge in [0.1, 0.15) is 0 Å². The highest BCUT2D eigenvalue weighted by Crippen LogP contribution is 2.44. The highest BCUT2D eigenvalue weighted by molar-refractivity contribution is 5.78. The standard InChI is InChI=1S/C15H28N2O/c1-12(2)8-15(5-3-4-6-15)11-17-10-13(9-16)7-14(17)18/h12-13H,3-11,16H2,1-2H3. The summed E-state index contributed by atoms with van der Waals surface area (Å²) in [6.45, 7) is 7.14. The molecule has 2 fully saturated rings. The number of hydrogen-bond donors (Lipinski definition) is 1. The molecule has 1 saturated carbocycles. The van der Waals surface area contributed by atoms with Gasteiger partial charge in [-0.2, -0.15) is 0 Å². The summed E-state index contributed by atoms with van der Waals surface area (Å²) in [5.41, 5.74) is 6.11. The van der Waals surface area contributed by atoms with Crippen molar-refractivity contribution in [1.82, 2.24) is 4.90 Å². The van der Waals surface area contributed by atoms with Crippen LogP contribution in [0.2, 0.25) is 0 Å². The first kappa shape index (κ1) is 13.9. The van der Waals surface area contributed by atoms with Gasteiger partial charge in [0.2, 0.25) is 5.91 Å². The first-order valence-corrected chi connectivity index (χ1v) is 7.52. The van der Waals surface area contributed by atoms with Crippen LogP contribution in [0.15, 0.2) is 0 Å². The zero-order valence-electron chi connectivity index (χ0n) is 12.0. The minimum atomic E-state index is 0.334. The summed E-state index contributed by atoms with van der Waals surface area (Å²) in [6, 6.07) is 0. The summed E-state index contributed by atoms with van der Waals surface area (Å²) in [7, 11) is 0. The maximum absolute atomic E-state index is 12.0. The van der Waals surface area contributed by atoms with E-state index in [-0.39, 0.29) is 0 Å². The van der Waals surface area contributed by atoms with E-state index in [1.807, 2.05) is 0 Å². The molecule has 0 bridgehead atoms. The molecule has 1 unspecified atom stereocenters. The summed E-state index contributed by atoms with van der Waals surface area (Å²) in [6.07, 6.45) is 7.24. The summed E-state index contributed by atoms with van der Waals surface area (Å²) < 4.78 is 0. The number of nitrogens with two attached hydrogens (primary N) is 1. The van der Waals surface area contributed by atoms with Gasteiger partial charge in [-0.3, -0.25) is 4.79 Å². The van der Waals surface area contributed by atoms with Crippen LogP contribution in [0.4, 0.5) is 0 Å². The predicted molar refractivity (Wildman–Crippen MR) is 74.1 cm³/mol. The van der Waals surface area contributed by atoms with Crippen molar-refractivity contribution >= 4 is 5.91 Å². The Balaban J connectivity index is 1.99. The van der Waals surface area contributed by atoms with E-state index in [9.17, 15) is 4.79 Å². The molecule has 1 saturated heterocycles. The van der Waals surface area contributed by atoms with E-state index < -0.39 is 0 Å². The number of amides is 1. The molecule has 1 heterocycles. The number of carbonyl (C=O) groups excluding carboxylic acids is 1. The smallest absolute Gasteiger partial charge is 0.222 e. The molecule has 0 spiro atoms. The van der Waals surface area contributed by atoms with E-state index in [4.69, 9.17) is 5.73 Å². The van der Waals surface area contributed by atoms with Crippen LogP contribution in [0, 0.1) is 17.3 Å². The highest BCUT2D eigenvalue weighted by atomic mass is 16.2. The quantitative estimate of drug-likeness (QED) is 0.816. The molecular formula is C15H28N2O. The lowest BCUT2D eigenvalue weighted by molar-refractivity contribution is -0.129. The van der Waals surface area contributed by atoms with Crippen molar-refractivity contribution in [3.63, 3.8) is 0 Å². The van der Waals surface area contributed by atoms with Crippen LogP contribution in [0.3, 0.4) is 0 Å². The Labute approximate surface area is 111 Å². The van der Waals surface area contributed by atoms with E-state index in [2.05, 4.69) is 18.7 Å². The largest absolute Gasteiger partial charge is 0.342 e. The first-order valence-electron chi connectivity index (χ1n) is 7.52. The van der Waals surface area contributed by atoms with Gasteiger partial charge in [-0.25, -0.2) is 0 Å². The average Bonchev–Trinajstić information content (AvgIpc) is 2.87. The second-order valence-corrected chi connectivity index (χ2v) is 6.89. The Morgan fingerprint density at radius 1 is 1.39 bits per heavy atom. The van der Waals surface area contributed by atoms with Crippen LogP contribution in [0.5, 0.6) is 0 Å². The molecular weight excluding hydrogens is 224 g/mol. The summed E-state index contributed by atoms with van der Waals surface area (Å²) in [5, 5.41) is 0. The molecule has 1 atom stereocenters. The molecule has 18 heavy (non-hydrogen) atoms. The summed E-state index contributed by atoms with van der Waals surface area (Å²) in [4.78, 5) is 14.1. The number of hydrogen-bond acceptors (Lipinski definition) is 2. The zero-order valence-corrected chi connectivity index (χ0v) is 12.0. The Kier molecular flexibility index (Phi) is 4.31. The van der Waals surface area contributed by atoms with Crippen LogP contribution in [0.25, 0.3) is 0 Å². The SMILES string of the molecule is CC(C)CC1(CN2CC(CN)CC2=O)CCCC1. The monoisotopic (exact) mass is 252 g/mol. The second-order valence-electron chi connectivity index (χ2n) is 6.89. The van der Waals surface area contributed by atoms with Gasteiger partial charge in [-0.1, -0.05) is 26.7 Å². The molecule has 1 amide bonds. The topological polar surface area (TPSA) is 46.3 Å². The molecule has 0 radical (unpaired) electrons. The van der Waals surface area contributed by atoms with Gasteiger partial charge in [0.25, 0.3) is 0 Å². The maximum Gasteiger partial charge on any atom is 0.222 e. The molecule has 2 rings (SSSR count). The van der Waals surface area contributed by atoms with Crippen molar-refractivity contribution in [2.75, 3.05) is 19.6 Å². The van der Waals surface area contributed by atoms with Crippen LogP contribution in [-0.4, -0.2) is 30.4 Å². The van der Waals surface area contributed by atoms with Gasteiger partial charge >= 0.3 is 0 Å². The Hall–Kier alpha value is -0.570. The number of likely N-dealkylation sites (tertiary alicyclic amines) is 1. The van der Waals surface area contributed by atoms with Gasteiger partial charge in [0.15, 0.2) is 0 Å². The summed E-state index contributed by atoms with van der Waals surface area (Å²) >= 11 is 0. The Morgan fingerprint density at radius 2 is 2.06 bits per heavy atom. The van der Waals surface area contributed by atoms with Crippen molar-refractivity contribution in [2.45, 2.75) is 52.4 Å². The average molecular weight is 252 g/mol. The van der Waals surface area contributed by atoms with Crippen LogP contribution < -0.4 is 5.73 Å². The zero-order chi connectivity index (χ0) is 13.2. The molecule has 0 aromatic carbocycles. The van der Waals surface area contributed by atoms with Gasteiger partial charge in [0.05, 0.1) is 0 Å². The van der Waals surface area contributed by atoms with E-state index >= 15 is 0 Å². The van der Waals surface area contributed by atoms with Crippen LogP contribution >= 0.6 is 0 Å². The second kappa shape index (κ2) is 5.60. The minimum Gasteiger partial charge on any atom is -0.342 e. The number of rotatable bonds is 5. The van der Waals surface area contributed by atoms with E-state index in [0.717, 1.165) is 19.0 Å². The normalized spacial score (nSPS) is 27.4. The van der Waals surface area contributed by atoms with Crippen molar-refractivity contribution in [3.8, 4) is 0 Å². The van der Waals surface area contributed by atoms with E-state index in [1.54, 1.807) is 0 Å². The first-order chi connectivity index (χ1) is 8.54. The van der Waals surface area contributed by atoms with E-state index in [1.165, 1.54) is 32.1 Å². The lowest BCUT2D eigenvalue weighted by Gasteiger charge is -2.35. The maximum atomic E-state index is 12.0. The van der Waals surface area contributed by atoms with Crippen molar-refractivity contribution in [3.05, 3.63) is 0 Å². The van der Waals surface area contributed by atoms with Gasteiger partial charge in [-0.15, -0.1) is 0 Å². The molecule has 1 aliphatic carbocycles. The van der Waals surface area contributed by atoms with Gasteiger partial charge < -0.3 is 10.6 Å². The molecule has 104 valence electrons. The predicted octanol–water partition coefficient (Wildman–Crippen LogP) is 2.40. The third kappa shape index (κ3) is 3.05. The fourth-order valence-corrected chi connectivity index (χ4v) is 3.99. The van der Waals surface area contributed by atoms with Crippen molar-refractivity contribution in [1.29, 1.82) is 0 Å². The fraction of sp³-hybridized carbons (Fsp3) is 0.933. The molecule has 0 aromatic rings. The molecule has 1 aliphatic heterocycles. The number of carbonyl (C=O) groups is 1.